The first kappa shape index (κ1) is 22.3. The predicted octanol–water partition coefficient (Wildman–Crippen LogP) is 1.31. The molecule has 1 aliphatic rings. The predicted molar refractivity (Wildman–Crippen MR) is 89.1 cm³/mol. The van der Waals surface area contributed by atoms with E-state index in [1.54, 1.807) is 6.92 Å². The number of hydrogen-bond acceptors (Lipinski definition) is 5. The summed E-state index contributed by atoms with van der Waals surface area (Å²) in [6, 6.07) is 4.17. The molecular formula is C15H19NO8S. The summed E-state index contributed by atoms with van der Waals surface area (Å²) in [5, 5.41) is 19.7. The van der Waals surface area contributed by atoms with Crippen molar-refractivity contribution in [3.05, 3.63) is 47.2 Å². The maximum atomic E-state index is 10.6. The summed E-state index contributed by atoms with van der Waals surface area (Å²) in [6.07, 6.45) is 0.471. The summed E-state index contributed by atoms with van der Waals surface area (Å²) < 4.78 is 27.6. The highest BCUT2D eigenvalue weighted by atomic mass is 32.2. The van der Waals surface area contributed by atoms with Crippen LogP contribution < -0.4 is 5.32 Å². The highest BCUT2D eigenvalue weighted by Crippen LogP contribution is 2.13. The smallest absolute Gasteiger partial charge is 0.335 e. The second kappa shape index (κ2) is 9.55. The number of aromatic carboxylic acids is 2. The molecule has 0 aliphatic carbocycles. The molecular weight excluding hydrogens is 354 g/mol. The Morgan fingerprint density at radius 3 is 1.68 bits per heavy atom. The zero-order valence-electron chi connectivity index (χ0n) is 13.6. The Morgan fingerprint density at radius 2 is 1.52 bits per heavy atom. The van der Waals surface area contributed by atoms with Crippen molar-refractivity contribution in [3.63, 3.8) is 0 Å². The van der Waals surface area contributed by atoms with E-state index in [1.807, 2.05) is 0 Å². The van der Waals surface area contributed by atoms with Gasteiger partial charge in [-0.15, -0.1) is 0 Å². The first-order valence-corrected chi connectivity index (χ1v) is 8.53. The van der Waals surface area contributed by atoms with E-state index in [2.05, 4.69) is 11.9 Å². The molecule has 1 fully saturated rings. The largest absolute Gasteiger partial charge is 0.478 e. The molecule has 138 valence electrons. The molecule has 0 radical (unpaired) electrons. The van der Waals surface area contributed by atoms with Crippen LogP contribution in [0.15, 0.2) is 30.5 Å². The molecule has 0 saturated carbocycles. The first-order chi connectivity index (χ1) is 11.4. The van der Waals surface area contributed by atoms with Crippen LogP contribution in [0.2, 0.25) is 0 Å². The molecule has 1 aliphatic heterocycles. The average molecular weight is 373 g/mol. The van der Waals surface area contributed by atoms with E-state index in [0.29, 0.717) is 12.1 Å². The minimum absolute atomic E-state index is 0.0231. The van der Waals surface area contributed by atoms with Crippen LogP contribution in [0.4, 0.5) is 0 Å². The van der Waals surface area contributed by atoms with Crippen molar-refractivity contribution in [2.24, 2.45) is 0 Å². The van der Waals surface area contributed by atoms with Crippen LogP contribution in [0.3, 0.4) is 0 Å². The van der Waals surface area contributed by atoms with E-state index in [0.717, 1.165) is 0 Å². The van der Waals surface area contributed by atoms with Gasteiger partial charge in [-0.1, -0.05) is 19.6 Å². The number of benzene rings is 1. The number of hydrogen-bond donors (Lipinski definition) is 4. The van der Waals surface area contributed by atoms with E-state index in [9.17, 15) is 22.8 Å². The van der Waals surface area contributed by atoms with Crippen LogP contribution in [0.25, 0.3) is 0 Å². The standard InChI is InChI=1S/C9H8O4.C3H3NO.C3H8O3S/c1-5-6(8(10)11)3-2-4-7(5)9(12)13;1-2-3(5)4-2;1-2-3-7(4,5)6/h2-4H,1H3,(H,10,11)(H,12,13);1H2,(H,4,5);2-3H2,1H3,(H,4,5,6). The summed E-state index contributed by atoms with van der Waals surface area (Å²) in [4.78, 5) is 30.9. The number of rotatable bonds is 4. The zero-order valence-corrected chi connectivity index (χ0v) is 14.5. The van der Waals surface area contributed by atoms with E-state index < -0.39 is 22.1 Å². The summed E-state index contributed by atoms with van der Waals surface area (Å²) in [5.74, 6) is -2.38. The van der Waals surface area contributed by atoms with Gasteiger partial charge in [0.25, 0.3) is 16.0 Å². The normalized spacial score (nSPS) is 12.0. The van der Waals surface area contributed by atoms with E-state index in [1.165, 1.54) is 25.1 Å². The summed E-state index contributed by atoms with van der Waals surface area (Å²) in [6.45, 7) is 6.45. The fraction of sp³-hybridized carbons (Fsp3) is 0.267. The van der Waals surface area contributed by atoms with Crippen molar-refractivity contribution in [3.8, 4) is 0 Å². The van der Waals surface area contributed by atoms with E-state index in [4.69, 9.17) is 14.8 Å². The summed E-state index contributed by atoms with van der Waals surface area (Å²) in [7, 11) is -3.67. The van der Waals surface area contributed by atoms with Gasteiger partial charge in [0.1, 0.15) is 0 Å². The van der Waals surface area contributed by atoms with Gasteiger partial charge in [-0.3, -0.25) is 9.35 Å². The highest BCUT2D eigenvalue weighted by Gasteiger charge is 2.20. The van der Waals surface area contributed by atoms with Crippen molar-refractivity contribution in [1.82, 2.24) is 5.32 Å². The Labute approximate surface area is 144 Å². The minimum Gasteiger partial charge on any atom is -0.478 e. The molecule has 25 heavy (non-hydrogen) atoms. The SMILES string of the molecule is C=C1NC1=O.CCCS(=O)(=O)O.Cc1c(C(=O)O)cccc1C(=O)O. The average Bonchev–Trinajstić information content (AvgIpc) is 3.11. The number of carbonyl (C=O) groups is 3. The van der Waals surface area contributed by atoms with Gasteiger partial charge in [-0.05, 0) is 31.0 Å². The molecule has 0 bridgehead atoms. The lowest BCUT2D eigenvalue weighted by Gasteiger charge is -2.03. The highest BCUT2D eigenvalue weighted by molar-refractivity contribution is 7.85. The third-order valence-electron chi connectivity index (χ3n) is 2.73. The fourth-order valence-electron chi connectivity index (χ4n) is 1.46. The Kier molecular flexibility index (Phi) is 8.51. The fourth-order valence-corrected chi connectivity index (χ4v) is 1.98. The number of carbonyl (C=O) groups excluding carboxylic acids is 1. The Bertz CT molecular complexity index is 738. The quantitative estimate of drug-likeness (QED) is 0.348. The Hall–Kier alpha value is -2.72. The van der Waals surface area contributed by atoms with Gasteiger partial charge in [0, 0.05) is 0 Å². The molecule has 9 nitrogen and oxygen atoms in total. The van der Waals surface area contributed by atoms with Crippen molar-refractivity contribution in [1.29, 1.82) is 0 Å². The molecule has 0 spiro atoms. The molecule has 0 unspecified atom stereocenters. The van der Waals surface area contributed by atoms with Gasteiger partial charge in [0.05, 0.1) is 22.6 Å². The number of nitrogens with one attached hydrogen (secondary N) is 1. The van der Waals surface area contributed by atoms with Crippen LogP contribution in [0.1, 0.15) is 39.6 Å². The second-order valence-electron chi connectivity index (χ2n) is 4.81. The molecule has 1 saturated heterocycles. The summed E-state index contributed by atoms with van der Waals surface area (Å²) >= 11 is 0. The molecule has 1 heterocycles. The van der Waals surface area contributed by atoms with Crippen LogP contribution >= 0.6 is 0 Å². The maximum absolute atomic E-state index is 10.6. The third-order valence-corrected chi connectivity index (χ3v) is 3.66. The van der Waals surface area contributed by atoms with Crippen LogP contribution in [0, 0.1) is 6.92 Å². The number of carboxylic acid groups (broad SMARTS) is 2. The molecule has 1 amide bonds. The second-order valence-corrected chi connectivity index (χ2v) is 6.38. The molecule has 0 aromatic heterocycles. The topological polar surface area (TPSA) is 168 Å². The lowest BCUT2D eigenvalue weighted by atomic mass is 10.0. The van der Waals surface area contributed by atoms with Crippen LogP contribution in [-0.2, 0) is 14.9 Å². The van der Waals surface area contributed by atoms with Crippen LogP contribution in [-0.4, -0.2) is 46.8 Å². The molecule has 4 N–H and O–H groups in total. The van der Waals surface area contributed by atoms with Crippen molar-refractivity contribution >= 4 is 28.0 Å². The Morgan fingerprint density at radius 1 is 1.16 bits per heavy atom. The van der Waals surface area contributed by atoms with E-state index >= 15 is 0 Å². The summed E-state index contributed by atoms with van der Waals surface area (Å²) in [5.41, 5.74) is 0.868. The van der Waals surface area contributed by atoms with Crippen molar-refractivity contribution in [2.75, 3.05) is 5.75 Å². The lowest BCUT2D eigenvalue weighted by molar-refractivity contribution is -0.109. The minimum atomic E-state index is -3.67. The van der Waals surface area contributed by atoms with Gasteiger partial charge in [-0.2, -0.15) is 8.42 Å². The Balaban J connectivity index is 0.000000400. The number of carboxylic acids is 2. The lowest BCUT2D eigenvalue weighted by Crippen LogP contribution is -2.06. The van der Waals surface area contributed by atoms with E-state index in [-0.39, 0.29) is 28.4 Å². The van der Waals surface area contributed by atoms with Crippen molar-refractivity contribution in [2.45, 2.75) is 20.3 Å². The molecule has 2 rings (SSSR count). The van der Waals surface area contributed by atoms with Gasteiger partial charge in [-0.25, -0.2) is 9.59 Å². The first-order valence-electron chi connectivity index (χ1n) is 6.92. The van der Waals surface area contributed by atoms with Crippen LogP contribution in [0.5, 0.6) is 0 Å². The van der Waals surface area contributed by atoms with Gasteiger partial charge in [0.15, 0.2) is 0 Å². The van der Waals surface area contributed by atoms with Gasteiger partial charge in [0.2, 0.25) is 0 Å². The number of amides is 1. The monoisotopic (exact) mass is 373 g/mol. The molecule has 10 heteroatoms. The molecule has 1 aromatic carbocycles. The maximum Gasteiger partial charge on any atom is 0.335 e. The third kappa shape index (κ3) is 9.23. The zero-order chi connectivity index (χ0) is 19.8. The van der Waals surface area contributed by atoms with Crippen molar-refractivity contribution < 1.29 is 37.6 Å². The van der Waals surface area contributed by atoms with Gasteiger partial charge < -0.3 is 15.5 Å². The van der Waals surface area contributed by atoms with Gasteiger partial charge >= 0.3 is 11.9 Å². The molecule has 1 aromatic rings. The molecule has 0 atom stereocenters.